The van der Waals surface area contributed by atoms with E-state index < -0.39 is 16.7 Å². The summed E-state index contributed by atoms with van der Waals surface area (Å²) in [5, 5.41) is 0. The molecular formula is C8H7BrO4S. The Hall–Kier alpha value is -0.720. The minimum atomic E-state index is -3.79. The van der Waals surface area contributed by atoms with Crippen LogP contribution in [0.2, 0.25) is 0 Å². The highest BCUT2D eigenvalue weighted by Crippen LogP contribution is 2.16. The molecule has 0 aliphatic carbocycles. The Morgan fingerprint density at radius 1 is 1.29 bits per heavy atom. The van der Waals surface area contributed by atoms with Gasteiger partial charge in [-0.1, -0.05) is 15.9 Å². The van der Waals surface area contributed by atoms with Crippen molar-refractivity contribution in [2.24, 2.45) is 0 Å². The average Bonchev–Trinajstić information content (AvgIpc) is 2.16. The normalized spacial score (nSPS) is 11.2. The molecular weight excluding hydrogens is 272 g/mol. The molecule has 6 heteroatoms. The summed E-state index contributed by atoms with van der Waals surface area (Å²) in [4.78, 5) is 9.97. The first kappa shape index (κ1) is 11.4. The molecule has 0 aromatic heterocycles. The molecule has 76 valence electrons. The van der Waals surface area contributed by atoms with Crippen LogP contribution < -0.4 is 0 Å². The van der Waals surface area contributed by atoms with Gasteiger partial charge in [-0.15, -0.1) is 0 Å². The fourth-order valence-electron chi connectivity index (χ4n) is 0.787. The SMILES string of the molecule is O=CCOS(=O)(=O)c1ccc(Br)cc1. The van der Waals surface area contributed by atoms with E-state index in [1.165, 1.54) is 12.1 Å². The van der Waals surface area contributed by atoms with Gasteiger partial charge in [0.05, 0.1) is 4.90 Å². The van der Waals surface area contributed by atoms with Gasteiger partial charge in [0.1, 0.15) is 12.9 Å². The Morgan fingerprint density at radius 3 is 2.36 bits per heavy atom. The smallest absolute Gasteiger partial charge is 0.297 e. The maximum absolute atomic E-state index is 11.3. The molecule has 0 amide bonds. The summed E-state index contributed by atoms with van der Waals surface area (Å²) >= 11 is 3.17. The van der Waals surface area contributed by atoms with Crippen LogP contribution in [0.4, 0.5) is 0 Å². The second-order valence-electron chi connectivity index (χ2n) is 2.36. The topological polar surface area (TPSA) is 60.4 Å². The first-order valence-electron chi connectivity index (χ1n) is 3.65. The standard InChI is InChI=1S/C8H7BrO4S/c9-7-1-3-8(4-2-7)14(11,12)13-6-5-10/h1-5H,6H2. The molecule has 0 radical (unpaired) electrons. The van der Waals surface area contributed by atoms with E-state index in [0.717, 1.165) is 4.47 Å². The predicted molar refractivity (Wildman–Crippen MR) is 53.3 cm³/mol. The van der Waals surface area contributed by atoms with E-state index in [0.29, 0.717) is 6.29 Å². The fraction of sp³-hybridized carbons (Fsp3) is 0.125. The molecule has 0 bridgehead atoms. The Morgan fingerprint density at radius 2 is 1.86 bits per heavy atom. The van der Waals surface area contributed by atoms with Crippen molar-refractivity contribution in [1.29, 1.82) is 0 Å². The van der Waals surface area contributed by atoms with Gasteiger partial charge in [-0.05, 0) is 24.3 Å². The minimum absolute atomic E-state index is 0.0301. The number of halogens is 1. The van der Waals surface area contributed by atoms with Gasteiger partial charge in [-0.2, -0.15) is 8.42 Å². The van der Waals surface area contributed by atoms with E-state index >= 15 is 0 Å². The van der Waals surface area contributed by atoms with Crippen LogP contribution in [0.15, 0.2) is 33.6 Å². The first-order chi connectivity index (χ1) is 6.56. The Balaban J connectivity index is 2.93. The van der Waals surface area contributed by atoms with E-state index in [4.69, 9.17) is 0 Å². The van der Waals surface area contributed by atoms with Crippen LogP contribution in [0.1, 0.15) is 0 Å². The second kappa shape index (κ2) is 4.68. The predicted octanol–water partition coefficient (Wildman–Crippen LogP) is 1.35. The minimum Gasteiger partial charge on any atom is -0.301 e. The first-order valence-corrected chi connectivity index (χ1v) is 5.85. The maximum atomic E-state index is 11.3. The van der Waals surface area contributed by atoms with Crippen molar-refractivity contribution in [2.45, 2.75) is 4.90 Å². The van der Waals surface area contributed by atoms with Crippen molar-refractivity contribution < 1.29 is 17.4 Å². The fourth-order valence-corrected chi connectivity index (χ4v) is 1.89. The lowest BCUT2D eigenvalue weighted by Gasteiger charge is -2.01. The molecule has 1 rings (SSSR count). The van der Waals surface area contributed by atoms with E-state index in [-0.39, 0.29) is 4.90 Å². The van der Waals surface area contributed by atoms with Crippen molar-refractivity contribution >= 4 is 32.3 Å². The largest absolute Gasteiger partial charge is 0.301 e. The monoisotopic (exact) mass is 278 g/mol. The summed E-state index contributed by atoms with van der Waals surface area (Å²) in [6.07, 6.45) is 0.385. The van der Waals surface area contributed by atoms with Crippen LogP contribution in [0.3, 0.4) is 0 Å². The van der Waals surface area contributed by atoms with Gasteiger partial charge in [-0.3, -0.25) is 4.18 Å². The zero-order chi connectivity index (χ0) is 10.6. The number of carbonyl (C=O) groups is 1. The zero-order valence-electron chi connectivity index (χ0n) is 7.01. The molecule has 0 aliphatic rings. The van der Waals surface area contributed by atoms with E-state index in [1.54, 1.807) is 12.1 Å². The van der Waals surface area contributed by atoms with Gasteiger partial charge in [0, 0.05) is 4.47 Å². The third kappa shape index (κ3) is 2.90. The molecule has 0 saturated carbocycles. The second-order valence-corrected chi connectivity index (χ2v) is 4.89. The lowest BCUT2D eigenvalue weighted by molar-refractivity contribution is -0.109. The van der Waals surface area contributed by atoms with Crippen molar-refractivity contribution in [1.82, 2.24) is 0 Å². The van der Waals surface area contributed by atoms with Gasteiger partial charge < -0.3 is 4.79 Å². The molecule has 0 heterocycles. The molecule has 0 spiro atoms. The highest BCUT2D eigenvalue weighted by molar-refractivity contribution is 9.10. The van der Waals surface area contributed by atoms with E-state index in [1.807, 2.05) is 0 Å². The molecule has 0 N–H and O–H groups in total. The molecule has 1 aromatic rings. The molecule has 0 unspecified atom stereocenters. The molecule has 14 heavy (non-hydrogen) atoms. The highest BCUT2D eigenvalue weighted by Gasteiger charge is 2.13. The summed E-state index contributed by atoms with van der Waals surface area (Å²) in [6, 6.07) is 5.95. The number of aldehydes is 1. The van der Waals surface area contributed by atoms with Crippen molar-refractivity contribution in [3.05, 3.63) is 28.7 Å². The lowest BCUT2D eigenvalue weighted by Crippen LogP contribution is -2.07. The average molecular weight is 279 g/mol. The van der Waals surface area contributed by atoms with Crippen LogP contribution in [0.25, 0.3) is 0 Å². The Kier molecular flexibility index (Phi) is 3.79. The number of hydrogen-bond donors (Lipinski definition) is 0. The maximum Gasteiger partial charge on any atom is 0.297 e. The van der Waals surface area contributed by atoms with E-state index in [9.17, 15) is 13.2 Å². The molecule has 0 saturated heterocycles. The number of rotatable bonds is 4. The third-order valence-electron chi connectivity index (χ3n) is 1.39. The molecule has 0 atom stereocenters. The highest BCUT2D eigenvalue weighted by atomic mass is 79.9. The summed E-state index contributed by atoms with van der Waals surface area (Å²) in [5.74, 6) is 0. The van der Waals surface area contributed by atoms with Crippen molar-refractivity contribution in [2.75, 3.05) is 6.61 Å². The van der Waals surface area contributed by atoms with Gasteiger partial charge in [0.2, 0.25) is 0 Å². The van der Waals surface area contributed by atoms with Crippen LogP contribution in [0, 0.1) is 0 Å². The number of benzene rings is 1. The Labute approximate surface area is 90.1 Å². The Bertz CT molecular complexity index is 409. The van der Waals surface area contributed by atoms with Crippen LogP contribution in [-0.4, -0.2) is 21.3 Å². The summed E-state index contributed by atoms with van der Waals surface area (Å²) in [6.45, 7) is -0.460. The quantitative estimate of drug-likeness (QED) is 0.616. The van der Waals surface area contributed by atoms with Gasteiger partial charge in [0.15, 0.2) is 0 Å². The molecule has 0 aliphatic heterocycles. The van der Waals surface area contributed by atoms with Crippen LogP contribution in [0.5, 0.6) is 0 Å². The number of hydrogen-bond acceptors (Lipinski definition) is 4. The summed E-state index contributed by atoms with van der Waals surface area (Å²) in [7, 11) is -3.79. The van der Waals surface area contributed by atoms with Gasteiger partial charge >= 0.3 is 0 Å². The van der Waals surface area contributed by atoms with E-state index in [2.05, 4.69) is 20.1 Å². The van der Waals surface area contributed by atoms with Crippen molar-refractivity contribution in [3.8, 4) is 0 Å². The van der Waals surface area contributed by atoms with Crippen molar-refractivity contribution in [3.63, 3.8) is 0 Å². The third-order valence-corrected chi connectivity index (χ3v) is 3.22. The van der Waals surface area contributed by atoms with Crippen LogP contribution >= 0.6 is 15.9 Å². The molecule has 1 aromatic carbocycles. The van der Waals surface area contributed by atoms with Crippen LogP contribution in [-0.2, 0) is 19.1 Å². The van der Waals surface area contributed by atoms with Gasteiger partial charge in [0.25, 0.3) is 10.1 Å². The van der Waals surface area contributed by atoms with Gasteiger partial charge in [-0.25, -0.2) is 0 Å². The summed E-state index contributed by atoms with van der Waals surface area (Å²) < 4.78 is 27.8. The summed E-state index contributed by atoms with van der Waals surface area (Å²) in [5.41, 5.74) is 0. The molecule has 4 nitrogen and oxygen atoms in total. The number of carbonyl (C=O) groups excluding carboxylic acids is 1. The molecule has 0 fully saturated rings. The lowest BCUT2D eigenvalue weighted by atomic mass is 10.4. The zero-order valence-corrected chi connectivity index (χ0v) is 9.42.